The molecule has 48 heavy (non-hydrogen) atoms. The quantitative estimate of drug-likeness (QED) is 0.122. The van der Waals surface area contributed by atoms with E-state index in [9.17, 15) is 24.6 Å². The number of carboxylic acid groups (broad SMARTS) is 3. The van der Waals surface area contributed by atoms with E-state index < -0.39 is 24.3 Å². The number of aliphatic carboxylic acids is 3. The first-order valence-corrected chi connectivity index (χ1v) is 16.2. The second-order valence-corrected chi connectivity index (χ2v) is 12.5. The number of carbonyl (C=O) groups is 3. The maximum atomic E-state index is 11.6. The highest BCUT2D eigenvalue weighted by Crippen LogP contribution is 2.51. The monoisotopic (exact) mass is 694 g/mol. The Kier molecular flexibility index (Phi) is 14.1. The van der Waals surface area contributed by atoms with Gasteiger partial charge in [0.15, 0.2) is 23.0 Å². The van der Waals surface area contributed by atoms with E-state index in [1.165, 1.54) is 38.0 Å². The zero-order valence-electron chi connectivity index (χ0n) is 27.5. The predicted octanol–water partition coefficient (Wildman–Crippen LogP) is 7.21. The molecular weight excluding hydrogens is 657 g/mol. The van der Waals surface area contributed by atoms with Crippen molar-refractivity contribution in [3.63, 3.8) is 0 Å². The molecule has 0 heterocycles. The van der Waals surface area contributed by atoms with Gasteiger partial charge >= 0.3 is 17.9 Å². The molecular formula is C36H38O10S2. The number of ether oxygens (including phenoxy) is 4. The SMILES string of the molecule is COc1ccc(C)c(Sc2c(C)c(CC(=O)O)c(CC(=O)O)c(OC)c2OC)c1OC.O=C(O)Cc1ccc(Sc2ccccc2)cc1. The fourth-order valence-electron chi connectivity index (χ4n) is 4.86. The lowest BCUT2D eigenvalue weighted by Gasteiger charge is -2.23. The van der Waals surface area contributed by atoms with Crippen LogP contribution >= 0.6 is 23.5 Å². The van der Waals surface area contributed by atoms with Gasteiger partial charge in [0, 0.05) is 15.4 Å². The van der Waals surface area contributed by atoms with Crippen LogP contribution in [0.1, 0.15) is 27.8 Å². The number of hydrogen-bond donors (Lipinski definition) is 3. The van der Waals surface area contributed by atoms with Gasteiger partial charge in [-0.25, -0.2) is 0 Å². The molecule has 0 bridgehead atoms. The smallest absolute Gasteiger partial charge is 0.307 e. The number of benzene rings is 4. The van der Waals surface area contributed by atoms with Crippen molar-refractivity contribution in [2.24, 2.45) is 0 Å². The fraction of sp³-hybridized carbons (Fsp3) is 0.250. The number of methoxy groups -OCH3 is 4. The summed E-state index contributed by atoms with van der Waals surface area (Å²) in [6, 6.07) is 21.4. The van der Waals surface area contributed by atoms with Gasteiger partial charge in [0.25, 0.3) is 0 Å². The number of carboxylic acids is 3. The van der Waals surface area contributed by atoms with Gasteiger partial charge in [0.2, 0.25) is 0 Å². The third-order valence-corrected chi connectivity index (χ3v) is 9.49. The van der Waals surface area contributed by atoms with Crippen LogP contribution in [0.5, 0.6) is 23.0 Å². The summed E-state index contributed by atoms with van der Waals surface area (Å²) in [6.07, 6.45) is -0.664. The summed E-state index contributed by atoms with van der Waals surface area (Å²) in [6.45, 7) is 3.66. The van der Waals surface area contributed by atoms with Crippen LogP contribution in [0.4, 0.5) is 0 Å². The highest BCUT2D eigenvalue weighted by Gasteiger charge is 2.28. The molecule has 4 rings (SSSR count). The van der Waals surface area contributed by atoms with Crippen molar-refractivity contribution in [3.05, 3.63) is 94.5 Å². The largest absolute Gasteiger partial charge is 0.493 e. The minimum atomic E-state index is -1.10. The lowest BCUT2D eigenvalue weighted by Crippen LogP contribution is -2.13. The molecule has 0 spiro atoms. The average Bonchev–Trinajstić information content (AvgIpc) is 3.05. The molecule has 254 valence electrons. The molecule has 0 atom stereocenters. The Bertz CT molecular complexity index is 1740. The Morgan fingerprint density at radius 1 is 0.562 bits per heavy atom. The summed E-state index contributed by atoms with van der Waals surface area (Å²) < 4.78 is 22.1. The van der Waals surface area contributed by atoms with Crippen LogP contribution in [-0.4, -0.2) is 61.7 Å². The standard InChI is InChI=1S/C22H26O8S.C14H12O2S/c1-11-7-8-15(27-3)19(29-5)21(11)31-22-12(2)13(9-16(23)24)14(10-17(25)26)18(28-4)20(22)30-6;15-14(16)10-11-6-8-13(9-7-11)17-12-4-2-1-3-5-12/h7-8H,9-10H2,1-6H3,(H,23,24)(H,25,26);1-9H,10H2,(H,15,16). The van der Waals surface area contributed by atoms with Crippen LogP contribution in [0.2, 0.25) is 0 Å². The van der Waals surface area contributed by atoms with Crippen LogP contribution < -0.4 is 18.9 Å². The normalized spacial score (nSPS) is 10.4. The maximum absolute atomic E-state index is 11.6. The molecule has 3 N–H and O–H groups in total. The first kappa shape index (κ1) is 37.6. The van der Waals surface area contributed by atoms with Crippen molar-refractivity contribution >= 4 is 41.4 Å². The van der Waals surface area contributed by atoms with Crippen molar-refractivity contribution in [1.82, 2.24) is 0 Å². The van der Waals surface area contributed by atoms with Gasteiger partial charge in [-0.3, -0.25) is 14.4 Å². The molecule has 12 heteroatoms. The van der Waals surface area contributed by atoms with Crippen molar-refractivity contribution in [2.75, 3.05) is 28.4 Å². The molecule has 0 radical (unpaired) electrons. The molecule has 4 aromatic carbocycles. The molecule has 0 saturated heterocycles. The Balaban J connectivity index is 0.000000308. The first-order chi connectivity index (χ1) is 22.9. The molecule has 0 aliphatic rings. The van der Waals surface area contributed by atoms with Gasteiger partial charge in [-0.2, -0.15) is 0 Å². The van der Waals surface area contributed by atoms with Gasteiger partial charge in [-0.15, -0.1) is 0 Å². The number of aryl methyl sites for hydroxylation is 1. The number of rotatable bonds is 14. The first-order valence-electron chi connectivity index (χ1n) is 14.6. The molecule has 0 unspecified atom stereocenters. The van der Waals surface area contributed by atoms with E-state index in [-0.39, 0.29) is 24.2 Å². The maximum Gasteiger partial charge on any atom is 0.307 e. The van der Waals surface area contributed by atoms with Crippen LogP contribution in [0, 0.1) is 13.8 Å². The topological polar surface area (TPSA) is 149 Å². The summed E-state index contributed by atoms with van der Waals surface area (Å²) in [7, 11) is 5.94. The second kappa shape index (κ2) is 17.9. The zero-order valence-corrected chi connectivity index (χ0v) is 29.1. The lowest BCUT2D eigenvalue weighted by molar-refractivity contribution is -0.137. The fourth-order valence-corrected chi connectivity index (χ4v) is 6.96. The second-order valence-electron chi connectivity index (χ2n) is 10.3. The summed E-state index contributed by atoms with van der Waals surface area (Å²) in [5, 5.41) is 27.5. The van der Waals surface area contributed by atoms with Crippen LogP contribution in [0.25, 0.3) is 0 Å². The molecule has 10 nitrogen and oxygen atoms in total. The lowest BCUT2D eigenvalue weighted by atomic mass is 9.95. The van der Waals surface area contributed by atoms with Gasteiger partial charge in [0.1, 0.15) is 0 Å². The van der Waals surface area contributed by atoms with E-state index >= 15 is 0 Å². The van der Waals surface area contributed by atoms with E-state index in [1.54, 1.807) is 31.9 Å². The summed E-state index contributed by atoms with van der Waals surface area (Å²) >= 11 is 2.99. The summed E-state index contributed by atoms with van der Waals surface area (Å²) in [5.41, 5.74) is 3.01. The van der Waals surface area contributed by atoms with Gasteiger partial charge < -0.3 is 34.3 Å². The van der Waals surface area contributed by atoms with Crippen molar-refractivity contribution < 1.29 is 48.7 Å². The Labute approximate surface area is 288 Å². The van der Waals surface area contributed by atoms with E-state index in [1.807, 2.05) is 55.5 Å². The zero-order chi connectivity index (χ0) is 35.4. The summed E-state index contributed by atoms with van der Waals surface area (Å²) in [4.78, 5) is 37.2. The minimum absolute atomic E-state index is 0.0796. The van der Waals surface area contributed by atoms with Gasteiger partial charge in [-0.05, 0) is 66.4 Å². The molecule has 4 aromatic rings. The molecule has 0 aliphatic heterocycles. The minimum Gasteiger partial charge on any atom is -0.493 e. The van der Waals surface area contributed by atoms with Crippen molar-refractivity contribution in [2.45, 2.75) is 52.7 Å². The van der Waals surface area contributed by atoms with Gasteiger partial charge in [-0.1, -0.05) is 59.9 Å². The predicted molar refractivity (Wildman–Crippen MR) is 184 cm³/mol. The van der Waals surface area contributed by atoms with Crippen LogP contribution in [0.3, 0.4) is 0 Å². The van der Waals surface area contributed by atoms with Crippen molar-refractivity contribution in [3.8, 4) is 23.0 Å². The summed E-state index contributed by atoms with van der Waals surface area (Å²) in [5.74, 6) is -1.36. The highest BCUT2D eigenvalue weighted by atomic mass is 32.2. The third kappa shape index (κ3) is 9.85. The highest BCUT2D eigenvalue weighted by molar-refractivity contribution is 7.99. The molecule has 0 saturated carbocycles. The Morgan fingerprint density at radius 2 is 1.10 bits per heavy atom. The molecule has 0 fully saturated rings. The van der Waals surface area contributed by atoms with Crippen LogP contribution in [0.15, 0.2) is 86.3 Å². The van der Waals surface area contributed by atoms with Crippen LogP contribution in [-0.2, 0) is 33.6 Å². The Hall–Kier alpha value is -4.81. The Morgan fingerprint density at radius 3 is 1.62 bits per heavy atom. The third-order valence-electron chi connectivity index (χ3n) is 7.07. The van der Waals surface area contributed by atoms with Gasteiger partial charge in [0.05, 0.1) is 57.5 Å². The average molecular weight is 695 g/mol. The van der Waals surface area contributed by atoms with Crippen molar-refractivity contribution in [1.29, 1.82) is 0 Å². The van der Waals surface area contributed by atoms with E-state index in [0.29, 0.717) is 33.3 Å². The molecule has 0 amide bonds. The van der Waals surface area contributed by atoms with E-state index in [4.69, 9.17) is 24.1 Å². The number of hydrogen-bond acceptors (Lipinski definition) is 9. The van der Waals surface area contributed by atoms with E-state index in [2.05, 4.69) is 12.1 Å². The van der Waals surface area contributed by atoms with E-state index in [0.717, 1.165) is 20.9 Å². The molecule has 0 aliphatic carbocycles. The molecule has 0 aromatic heterocycles.